The van der Waals surface area contributed by atoms with Crippen LogP contribution in [0.15, 0.2) is 18.2 Å². The number of aromatic nitrogens is 1. The Kier molecular flexibility index (Phi) is 7.09. The van der Waals surface area contributed by atoms with Gasteiger partial charge < -0.3 is 56.0 Å². The first-order chi connectivity index (χ1) is 15.7. The lowest BCUT2D eigenvalue weighted by Crippen LogP contribution is -2.45. The highest BCUT2D eigenvalue weighted by Crippen LogP contribution is 2.56. The molecule has 0 aliphatic heterocycles. The zero-order valence-corrected chi connectivity index (χ0v) is 17.5. The van der Waals surface area contributed by atoms with Crippen molar-refractivity contribution in [3.63, 3.8) is 0 Å². The number of benzene rings is 2. The summed E-state index contributed by atoms with van der Waals surface area (Å²) in [7, 11) is 0. The molecule has 0 unspecified atom stereocenters. The van der Waals surface area contributed by atoms with Crippen LogP contribution in [0.2, 0.25) is 0 Å². The summed E-state index contributed by atoms with van der Waals surface area (Å²) < 4.78 is 5.32. The van der Waals surface area contributed by atoms with E-state index in [1.165, 1.54) is 25.1 Å². The summed E-state index contributed by atoms with van der Waals surface area (Å²) in [6, 6.07) is 3.91. The fourth-order valence-electron chi connectivity index (χ4n) is 2.81. The van der Waals surface area contributed by atoms with Crippen LogP contribution in [0, 0.1) is 6.92 Å². The number of nitrogens with zero attached hydrogens (tertiary/aromatic N) is 1. The van der Waals surface area contributed by atoms with Crippen molar-refractivity contribution >= 4 is 23.2 Å². The quantitative estimate of drug-likeness (QED) is 0.107. The van der Waals surface area contributed by atoms with Gasteiger partial charge in [0.2, 0.25) is 40.4 Å². The molecule has 0 spiro atoms. The van der Waals surface area contributed by atoms with Crippen molar-refractivity contribution in [1.29, 1.82) is 0 Å². The van der Waals surface area contributed by atoms with Gasteiger partial charge in [-0.2, -0.15) is 0 Å². The van der Waals surface area contributed by atoms with Crippen molar-refractivity contribution in [1.82, 2.24) is 10.3 Å². The predicted octanol–water partition coefficient (Wildman–Crippen LogP) is 0.658. The molecule has 10 N–H and O–H groups in total. The van der Waals surface area contributed by atoms with Crippen molar-refractivity contribution in [2.45, 2.75) is 19.8 Å². The Labute approximate surface area is 189 Å². The molecule has 34 heavy (non-hydrogen) atoms. The summed E-state index contributed by atoms with van der Waals surface area (Å²) in [5.74, 6) is -10.4. The van der Waals surface area contributed by atoms with Gasteiger partial charge in [0.25, 0.3) is 12.4 Å². The molecule has 0 bridgehead atoms. The molecule has 1 aromatic heterocycles. The minimum Gasteiger partial charge on any atom is -0.505 e. The number of amides is 1. The zero-order valence-electron chi connectivity index (χ0n) is 17.5. The van der Waals surface area contributed by atoms with Crippen molar-refractivity contribution in [3.05, 3.63) is 29.6 Å². The number of hydrogen-bond donors (Lipinski definition) is 10. The molecule has 2 aromatic carbocycles. The lowest BCUT2D eigenvalue weighted by molar-refractivity contribution is -0.160. The summed E-state index contributed by atoms with van der Waals surface area (Å²) in [6.07, 6.45) is 0. The Bertz CT molecular complexity index is 1240. The van der Waals surface area contributed by atoms with E-state index in [0.29, 0.717) is 0 Å². The van der Waals surface area contributed by atoms with E-state index in [9.17, 15) is 45.6 Å². The van der Waals surface area contributed by atoms with Gasteiger partial charge in [0, 0.05) is 23.4 Å². The lowest BCUT2D eigenvalue weighted by Gasteiger charge is -2.18. The van der Waals surface area contributed by atoms with Gasteiger partial charge in [-0.1, -0.05) is 0 Å². The van der Waals surface area contributed by atoms with E-state index < -0.39 is 57.8 Å². The molecular weight excluding hydrogens is 460 g/mol. The summed E-state index contributed by atoms with van der Waals surface area (Å²) in [6.45, 7) is 2.15. The molecular formula is C20H20N2O12. The molecule has 1 amide bonds. The fourth-order valence-corrected chi connectivity index (χ4v) is 2.81. The SMILES string of the molecule is Cc1nc(C(=O)NC(C)(O)O)c(O)c2ccc(Oc3c(O)c(O)c(O)c(O)c3O)cc12.O=CO. The minimum absolute atomic E-state index is 0.0395. The third-order valence-electron chi connectivity index (χ3n) is 4.25. The van der Waals surface area contributed by atoms with Crippen LogP contribution in [0.4, 0.5) is 0 Å². The largest absolute Gasteiger partial charge is 0.505 e. The van der Waals surface area contributed by atoms with Crippen molar-refractivity contribution < 1.29 is 60.3 Å². The number of phenols is 5. The maximum absolute atomic E-state index is 12.1. The molecule has 0 fully saturated rings. The number of ether oxygens (including phenoxy) is 1. The van der Waals surface area contributed by atoms with E-state index in [0.717, 1.165) is 6.92 Å². The predicted molar refractivity (Wildman–Crippen MR) is 112 cm³/mol. The Morgan fingerprint density at radius 3 is 1.94 bits per heavy atom. The number of aromatic hydroxyl groups is 6. The normalized spacial score (nSPS) is 10.8. The number of carbonyl (C=O) groups is 2. The summed E-state index contributed by atoms with van der Waals surface area (Å²) in [5, 5.41) is 86.7. The Hall–Kier alpha value is -4.69. The highest BCUT2D eigenvalue weighted by molar-refractivity contribution is 6.02. The molecule has 14 heteroatoms. The van der Waals surface area contributed by atoms with Gasteiger partial charge in [-0.3, -0.25) is 9.59 Å². The number of rotatable bonds is 4. The Morgan fingerprint density at radius 2 is 1.44 bits per heavy atom. The molecule has 3 rings (SSSR count). The van der Waals surface area contributed by atoms with Gasteiger partial charge in [-0.15, -0.1) is 0 Å². The number of hydrogen-bond acceptors (Lipinski definition) is 12. The second-order valence-corrected chi connectivity index (χ2v) is 6.86. The number of nitrogens with one attached hydrogen (secondary N) is 1. The molecule has 0 atom stereocenters. The first kappa shape index (κ1) is 25.6. The van der Waals surface area contributed by atoms with Crippen LogP contribution >= 0.6 is 0 Å². The summed E-state index contributed by atoms with van der Waals surface area (Å²) in [4.78, 5) is 24.5. The minimum atomic E-state index is -2.53. The van der Waals surface area contributed by atoms with Crippen LogP contribution in [-0.4, -0.2) is 69.2 Å². The molecule has 0 radical (unpaired) electrons. The maximum atomic E-state index is 12.1. The topological polar surface area (TPSA) is 250 Å². The molecule has 0 aliphatic carbocycles. The summed E-state index contributed by atoms with van der Waals surface area (Å²) in [5.41, 5.74) is -0.234. The third-order valence-corrected chi connectivity index (χ3v) is 4.25. The van der Waals surface area contributed by atoms with E-state index in [-0.39, 0.29) is 28.7 Å². The molecule has 14 nitrogen and oxygen atoms in total. The van der Waals surface area contributed by atoms with E-state index in [1.54, 1.807) is 0 Å². The average Bonchev–Trinajstić information content (AvgIpc) is 2.75. The number of aryl methyl sites for hydroxylation is 1. The number of aliphatic hydroxyl groups is 2. The highest BCUT2D eigenvalue weighted by Gasteiger charge is 2.26. The highest BCUT2D eigenvalue weighted by atomic mass is 16.5. The monoisotopic (exact) mass is 480 g/mol. The van der Waals surface area contributed by atoms with E-state index >= 15 is 0 Å². The molecule has 182 valence electrons. The second kappa shape index (κ2) is 9.43. The Morgan fingerprint density at radius 1 is 0.941 bits per heavy atom. The standard InChI is InChI=1S/C19H18N2O10.CH2O2/c1-6-9-5-7(31-17-15(26)13(24)12(23)14(25)16(17)27)3-4-8(9)11(22)10(20-6)18(28)21-19(2,29)30;2-1-3/h3-5,22-27,29-30H,1-2H3,(H,21,28);1H,(H,2,3). The van der Waals surface area contributed by atoms with Crippen LogP contribution in [0.1, 0.15) is 23.1 Å². The van der Waals surface area contributed by atoms with Crippen LogP contribution in [0.5, 0.6) is 46.0 Å². The third kappa shape index (κ3) is 5.03. The van der Waals surface area contributed by atoms with Crippen LogP contribution in [0.3, 0.4) is 0 Å². The first-order valence-electron chi connectivity index (χ1n) is 9.08. The van der Waals surface area contributed by atoms with Crippen molar-refractivity contribution in [2.24, 2.45) is 0 Å². The van der Waals surface area contributed by atoms with Crippen LogP contribution < -0.4 is 10.1 Å². The second-order valence-electron chi connectivity index (χ2n) is 6.86. The van der Waals surface area contributed by atoms with Crippen LogP contribution in [0.25, 0.3) is 10.8 Å². The molecule has 0 saturated heterocycles. The lowest BCUT2D eigenvalue weighted by atomic mass is 10.1. The molecule has 0 saturated carbocycles. The van der Waals surface area contributed by atoms with E-state index in [2.05, 4.69) is 4.98 Å². The van der Waals surface area contributed by atoms with Gasteiger partial charge >= 0.3 is 0 Å². The van der Waals surface area contributed by atoms with Crippen molar-refractivity contribution in [2.75, 3.05) is 0 Å². The van der Waals surface area contributed by atoms with E-state index in [1.807, 2.05) is 5.32 Å². The molecule has 3 aromatic rings. The number of phenolic OH excluding ortho intramolecular Hbond substituents is 5. The zero-order chi connectivity index (χ0) is 26.0. The Balaban J connectivity index is 0.00000129. The van der Waals surface area contributed by atoms with Gasteiger partial charge in [0.05, 0.1) is 0 Å². The number of fused-ring (bicyclic) bond motifs is 1. The van der Waals surface area contributed by atoms with Gasteiger partial charge in [0.1, 0.15) is 5.75 Å². The van der Waals surface area contributed by atoms with Crippen molar-refractivity contribution in [3.8, 4) is 46.0 Å². The first-order valence-corrected chi connectivity index (χ1v) is 9.08. The maximum Gasteiger partial charge on any atom is 0.290 e. The number of carbonyl (C=O) groups excluding carboxylic acids is 1. The smallest absolute Gasteiger partial charge is 0.290 e. The van der Waals surface area contributed by atoms with Gasteiger partial charge in [-0.25, -0.2) is 4.98 Å². The summed E-state index contributed by atoms with van der Waals surface area (Å²) >= 11 is 0. The fraction of sp³-hybridized carbons (Fsp3) is 0.150. The number of carboxylic acid groups (broad SMARTS) is 1. The van der Waals surface area contributed by atoms with E-state index in [4.69, 9.17) is 14.6 Å². The molecule has 1 heterocycles. The number of pyridine rings is 1. The van der Waals surface area contributed by atoms with Gasteiger partial charge in [-0.05, 0) is 25.1 Å². The van der Waals surface area contributed by atoms with Gasteiger partial charge in [0.15, 0.2) is 11.4 Å². The molecule has 0 aliphatic rings. The average molecular weight is 480 g/mol. The van der Waals surface area contributed by atoms with Crippen LogP contribution in [-0.2, 0) is 4.79 Å².